The number of rotatable bonds is 19. The Balaban J connectivity index is 0. The van der Waals surface area contributed by atoms with Crippen molar-refractivity contribution in [2.75, 3.05) is 0 Å². The largest absolute Gasteiger partial charge is 0.481 e. The van der Waals surface area contributed by atoms with Crippen molar-refractivity contribution < 1.29 is 9.90 Å². The second kappa shape index (κ2) is 22.8. The second-order valence-electron chi connectivity index (χ2n) is 9.09. The lowest BCUT2D eigenvalue weighted by Crippen LogP contribution is -2.16. The van der Waals surface area contributed by atoms with Gasteiger partial charge in [0.25, 0.3) is 0 Å². The molecule has 0 heterocycles. The number of carboxylic acids is 1. The number of hydrogen-bond acceptors (Lipinski definition) is 1. The van der Waals surface area contributed by atoms with E-state index in [2.05, 4.69) is 34.6 Å². The van der Waals surface area contributed by atoms with E-state index >= 15 is 0 Å². The van der Waals surface area contributed by atoms with E-state index in [1.807, 2.05) is 0 Å². The van der Waals surface area contributed by atoms with Crippen LogP contribution in [0.15, 0.2) is 0 Å². The summed E-state index contributed by atoms with van der Waals surface area (Å²) >= 11 is 0. The molecule has 0 atom stereocenters. The van der Waals surface area contributed by atoms with E-state index in [1.54, 1.807) is 0 Å². The van der Waals surface area contributed by atoms with E-state index in [4.69, 9.17) is 5.11 Å². The summed E-state index contributed by atoms with van der Waals surface area (Å²) in [5.41, 5.74) is 0.655. The Labute approximate surface area is 178 Å². The van der Waals surface area contributed by atoms with Gasteiger partial charge < -0.3 is 5.11 Å². The molecule has 0 aromatic carbocycles. The summed E-state index contributed by atoms with van der Waals surface area (Å²) in [5.74, 6) is -0.659. The van der Waals surface area contributed by atoms with Gasteiger partial charge in [0, 0.05) is 6.42 Å². The van der Waals surface area contributed by atoms with Gasteiger partial charge in [-0.25, -0.2) is 0 Å². The molecular weight excluding hydrogens is 344 g/mol. The van der Waals surface area contributed by atoms with Gasteiger partial charge in [-0.05, 0) is 31.1 Å². The first kappa shape index (κ1) is 29.7. The van der Waals surface area contributed by atoms with Crippen LogP contribution in [0.4, 0.5) is 0 Å². The van der Waals surface area contributed by atoms with E-state index in [-0.39, 0.29) is 0 Å². The Morgan fingerprint density at radius 2 is 0.893 bits per heavy atom. The summed E-state index contributed by atoms with van der Waals surface area (Å²) in [4.78, 5) is 10.2. The third kappa shape index (κ3) is 23.5. The van der Waals surface area contributed by atoms with Gasteiger partial charge in [-0.15, -0.1) is 0 Å². The molecule has 0 aliphatic heterocycles. The normalized spacial score (nSPS) is 11.2. The first-order valence-electron chi connectivity index (χ1n) is 12.7. The number of carboxylic acid groups (broad SMARTS) is 1. The highest BCUT2D eigenvalue weighted by molar-refractivity contribution is 5.66. The molecule has 0 aromatic rings. The standard InChI is InChI=1S/C14H30.C12H24O2/c1-5-8-11-14(4,12-9-6-2)13-10-7-3;1-2-3-4-5-6-7-8-9-10-11-12(13)14/h5-13H2,1-4H3;2-11H2,1H3,(H,13,14). The van der Waals surface area contributed by atoms with Crippen molar-refractivity contribution in [3.05, 3.63) is 0 Å². The first-order chi connectivity index (χ1) is 13.5. The SMILES string of the molecule is CCCCC(C)(CCCC)CCCC.CCCCCCCCCCCC(=O)O. The smallest absolute Gasteiger partial charge is 0.303 e. The summed E-state index contributed by atoms with van der Waals surface area (Å²) in [6.45, 7) is 11.7. The van der Waals surface area contributed by atoms with Crippen LogP contribution in [0.5, 0.6) is 0 Å². The van der Waals surface area contributed by atoms with Gasteiger partial charge in [0.1, 0.15) is 0 Å². The minimum atomic E-state index is -0.659. The molecule has 0 unspecified atom stereocenters. The first-order valence-corrected chi connectivity index (χ1v) is 12.7. The van der Waals surface area contributed by atoms with Crippen LogP contribution in [0.2, 0.25) is 0 Å². The molecule has 0 amide bonds. The van der Waals surface area contributed by atoms with Gasteiger partial charge in [0.15, 0.2) is 0 Å². The molecule has 28 heavy (non-hydrogen) atoms. The minimum Gasteiger partial charge on any atom is -0.481 e. The number of carbonyl (C=O) groups is 1. The van der Waals surface area contributed by atoms with Crippen molar-refractivity contribution >= 4 is 5.97 Å². The van der Waals surface area contributed by atoms with Crippen LogP contribution in [-0.4, -0.2) is 11.1 Å². The molecule has 0 bridgehead atoms. The van der Waals surface area contributed by atoms with Gasteiger partial charge in [0.05, 0.1) is 0 Å². The lowest BCUT2D eigenvalue weighted by atomic mass is 9.76. The van der Waals surface area contributed by atoms with Crippen LogP contribution in [0, 0.1) is 5.41 Å². The van der Waals surface area contributed by atoms with E-state index in [0.717, 1.165) is 12.8 Å². The number of unbranched alkanes of at least 4 members (excludes halogenated alkanes) is 11. The number of aliphatic carboxylic acids is 1. The van der Waals surface area contributed by atoms with Crippen molar-refractivity contribution in [1.29, 1.82) is 0 Å². The fraction of sp³-hybridized carbons (Fsp3) is 0.962. The fourth-order valence-corrected chi connectivity index (χ4v) is 3.77. The molecule has 0 saturated heterocycles. The Morgan fingerprint density at radius 3 is 1.21 bits per heavy atom. The third-order valence-electron chi connectivity index (χ3n) is 5.90. The summed E-state index contributed by atoms with van der Waals surface area (Å²) in [5, 5.41) is 8.41. The lowest BCUT2D eigenvalue weighted by Gasteiger charge is -2.29. The Morgan fingerprint density at radius 1 is 0.571 bits per heavy atom. The Bertz CT molecular complexity index is 290. The van der Waals surface area contributed by atoms with E-state index in [1.165, 1.54) is 103 Å². The summed E-state index contributed by atoms with van der Waals surface area (Å²) in [6.07, 6.45) is 24.1. The van der Waals surface area contributed by atoms with E-state index < -0.39 is 5.97 Å². The van der Waals surface area contributed by atoms with Crippen LogP contribution in [0.25, 0.3) is 0 Å². The van der Waals surface area contributed by atoms with Gasteiger partial charge >= 0.3 is 5.97 Å². The molecule has 170 valence electrons. The zero-order valence-electron chi connectivity index (χ0n) is 20.3. The third-order valence-corrected chi connectivity index (χ3v) is 5.90. The zero-order valence-corrected chi connectivity index (χ0v) is 20.3. The molecule has 0 rings (SSSR count). The topological polar surface area (TPSA) is 37.3 Å². The molecule has 0 aliphatic carbocycles. The van der Waals surface area contributed by atoms with Crippen LogP contribution in [0.1, 0.15) is 157 Å². The lowest BCUT2D eigenvalue weighted by molar-refractivity contribution is -0.137. The second-order valence-corrected chi connectivity index (χ2v) is 9.09. The monoisotopic (exact) mass is 398 g/mol. The van der Waals surface area contributed by atoms with Crippen LogP contribution in [0.3, 0.4) is 0 Å². The molecule has 0 aliphatic rings. The van der Waals surface area contributed by atoms with Crippen molar-refractivity contribution in [2.24, 2.45) is 5.41 Å². The molecule has 0 spiro atoms. The summed E-state index contributed by atoms with van der Waals surface area (Å²) < 4.78 is 0. The highest BCUT2D eigenvalue weighted by Gasteiger charge is 2.21. The highest BCUT2D eigenvalue weighted by atomic mass is 16.4. The maximum absolute atomic E-state index is 10.2. The van der Waals surface area contributed by atoms with Crippen LogP contribution in [-0.2, 0) is 4.79 Å². The molecule has 0 fully saturated rings. The maximum Gasteiger partial charge on any atom is 0.303 e. The van der Waals surface area contributed by atoms with Crippen LogP contribution >= 0.6 is 0 Å². The van der Waals surface area contributed by atoms with Crippen molar-refractivity contribution in [3.63, 3.8) is 0 Å². The molecule has 0 saturated carbocycles. The summed E-state index contributed by atoms with van der Waals surface area (Å²) in [6, 6.07) is 0. The van der Waals surface area contributed by atoms with Crippen molar-refractivity contribution in [2.45, 2.75) is 157 Å². The van der Waals surface area contributed by atoms with Gasteiger partial charge in [-0.1, -0.05) is 125 Å². The van der Waals surface area contributed by atoms with Gasteiger partial charge in [0.2, 0.25) is 0 Å². The molecule has 0 radical (unpaired) electrons. The average molecular weight is 399 g/mol. The quantitative estimate of drug-likeness (QED) is 0.220. The molecule has 1 N–H and O–H groups in total. The maximum atomic E-state index is 10.2. The number of hydrogen-bond donors (Lipinski definition) is 1. The van der Waals surface area contributed by atoms with Crippen molar-refractivity contribution in [3.8, 4) is 0 Å². The Hall–Kier alpha value is -0.530. The predicted molar refractivity (Wildman–Crippen MR) is 126 cm³/mol. The average Bonchev–Trinajstić information content (AvgIpc) is 2.68. The fourth-order valence-electron chi connectivity index (χ4n) is 3.77. The van der Waals surface area contributed by atoms with E-state index in [9.17, 15) is 4.79 Å². The van der Waals surface area contributed by atoms with E-state index in [0.29, 0.717) is 11.8 Å². The molecule has 2 nitrogen and oxygen atoms in total. The zero-order chi connectivity index (χ0) is 21.5. The minimum absolute atomic E-state index is 0.343. The molecule has 0 aromatic heterocycles. The van der Waals surface area contributed by atoms with Gasteiger partial charge in [-0.3, -0.25) is 4.79 Å². The molecule has 2 heteroatoms. The van der Waals surface area contributed by atoms with Crippen molar-refractivity contribution in [1.82, 2.24) is 0 Å². The van der Waals surface area contributed by atoms with Crippen LogP contribution < -0.4 is 0 Å². The summed E-state index contributed by atoms with van der Waals surface area (Å²) in [7, 11) is 0. The Kier molecular flexibility index (Phi) is 24.1. The van der Waals surface area contributed by atoms with Gasteiger partial charge in [-0.2, -0.15) is 0 Å². The predicted octanol–water partition coefficient (Wildman–Crippen LogP) is 9.56. The highest BCUT2D eigenvalue weighted by Crippen LogP contribution is 2.35. The molecular formula is C26H54O2.